The molecule has 130 valence electrons. The summed E-state index contributed by atoms with van der Waals surface area (Å²) in [5.41, 5.74) is 4.51. The molecule has 2 unspecified atom stereocenters. The molecule has 7 heteroatoms. The molecule has 0 bridgehead atoms. The topological polar surface area (TPSA) is 49.8 Å². The first-order chi connectivity index (χ1) is 12.6. The van der Waals surface area contributed by atoms with Crippen molar-refractivity contribution in [3.05, 3.63) is 82.1 Å². The molecule has 1 aromatic carbocycles. The van der Waals surface area contributed by atoms with E-state index in [-0.39, 0.29) is 11.6 Å². The summed E-state index contributed by atoms with van der Waals surface area (Å²) in [6, 6.07) is 3.16. The lowest BCUT2D eigenvalue weighted by atomic mass is 9.82. The maximum Gasteiger partial charge on any atom is 0.161 e. The lowest BCUT2D eigenvalue weighted by Crippen LogP contribution is -2.42. The molecule has 1 aliphatic carbocycles. The third kappa shape index (κ3) is 2.09. The number of nitrogens with one attached hydrogen (secondary N) is 2. The number of fused-ring (bicyclic) bond motifs is 2. The summed E-state index contributed by atoms with van der Waals surface area (Å²) in [5, 5.41) is 14.8. The number of allylic oxidation sites excluding steroid dienone is 1. The van der Waals surface area contributed by atoms with E-state index in [0.717, 1.165) is 34.2 Å². The first kappa shape index (κ1) is 15.2. The molecule has 5 rings (SSSR count). The Balaban J connectivity index is 1.65. The van der Waals surface area contributed by atoms with Crippen molar-refractivity contribution in [1.82, 2.24) is 20.8 Å². The summed E-state index contributed by atoms with van der Waals surface area (Å²) in [7, 11) is 0. The van der Waals surface area contributed by atoms with Crippen molar-refractivity contribution in [1.29, 1.82) is 0 Å². The van der Waals surface area contributed by atoms with Crippen LogP contribution in [-0.2, 0) is 0 Å². The van der Waals surface area contributed by atoms with Crippen molar-refractivity contribution < 1.29 is 13.2 Å². The number of hydrogen-bond acceptors (Lipinski definition) is 4. The molecule has 0 saturated heterocycles. The van der Waals surface area contributed by atoms with Crippen LogP contribution in [0.25, 0.3) is 11.8 Å². The number of rotatable bonds is 1. The molecule has 0 fully saturated rings. The van der Waals surface area contributed by atoms with E-state index in [9.17, 15) is 13.2 Å². The van der Waals surface area contributed by atoms with Gasteiger partial charge in [-0.3, -0.25) is 0 Å². The summed E-state index contributed by atoms with van der Waals surface area (Å²) < 4.78 is 41.4. The Kier molecular flexibility index (Phi) is 3.19. The van der Waals surface area contributed by atoms with Crippen LogP contribution in [0.5, 0.6) is 0 Å². The summed E-state index contributed by atoms with van der Waals surface area (Å²) in [6.07, 6.45) is 7.39. The Bertz CT molecular complexity index is 1030. The zero-order valence-electron chi connectivity index (χ0n) is 13.4. The molecule has 3 heterocycles. The minimum Gasteiger partial charge on any atom is -0.383 e. The van der Waals surface area contributed by atoms with Gasteiger partial charge < -0.3 is 10.6 Å². The van der Waals surface area contributed by atoms with Gasteiger partial charge in [0.05, 0.1) is 17.9 Å². The molecule has 0 radical (unpaired) electrons. The Hall–Kier alpha value is -3.09. The maximum absolute atomic E-state index is 14.3. The fourth-order valence-corrected chi connectivity index (χ4v) is 3.87. The predicted octanol–water partition coefficient (Wildman–Crippen LogP) is 2.87. The Morgan fingerprint density at radius 1 is 1.04 bits per heavy atom. The molecule has 0 spiro atoms. The largest absolute Gasteiger partial charge is 0.383 e. The molecular formula is C19H13F3N4. The summed E-state index contributed by atoms with van der Waals surface area (Å²) in [5.74, 6) is -3.39. The van der Waals surface area contributed by atoms with Gasteiger partial charge in [-0.05, 0) is 23.3 Å². The van der Waals surface area contributed by atoms with Gasteiger partial charge in [-0.15, -0.1) is 5.10 Å². The van der Waals surface area contributed by atoms with Crippen LogP contribution in [0, 0.1) is 17.5 Å². The van der Waals surface area contributed by atoms with Gasteiger partial charge in [-0.1, -0.05) is 12.2 Å². The van der Waals surface area contributed by atoms with E-state index < -0.39 is 23.4 Å². The number of benzene rings is 1. The van der Waals surface area contributed by atoms with Gasteiger partial charge in [-0.2, -0.15) is 5.10 Å². The van der Waals surface area contributed by atoms with E-state index >= 15 is 0 Å². The number of aromatic nitrogens is 2. The maximum atomic E-state index is 14.3. The summed E-state index contributed by atoms with van der Waals surface area (Å²) in [6.45, 7) is 0.357. The highest BCUT2D eigenvalue weighted by molar-refractivity contribution is 5.83. The minimum atomic E-state index is -1.19. The van der Waals surface area contributed by atoms with Crippen LogP contribution in [0.4, 0.5) is 13.2 Å². The van der Waals surface area contributed by atoms with Crippen LogP contribution in [0.1, 0.15) is 22.7 Å². The second kappa shape index (κ2) is 5.45. The van der Waals surface area contributed by atoms with Crippen LogP contribution < -0.4 is 10.6 Å². The third-order valence-electron chi connectivity index (χ3n) is 5.08. The van der Waals surface area contributed by atoms with E-state index in [0.29, 0.717) is 12.6 Å². The number of hydrogen-bond donors (Lipinski definition) is 2. The van der Waals surface area contributed by atoms with Gasteiger partial charge >= 0.3 is 0 Å². The number of nitrogens with zero attached hydrogens (tertiary/aromatic N) is 2. The van der Waals surface area contributed by atoms with Crippen molar-refractivity contribution in [2.45, 2.75) is 12.0 Å². The first-order valence-corrected chi connectivity index (χ1v) is 8.22. The summed E-state index contributed by atoms with van der Waals surface area (Å²) in [4.78, 5) is 0. The molecule has 1 aromatic heterocycles. The van der Waals surface area contributed by atoms with Crippen LogP contribution in [0.2, 0.25) is 0 Å². The van der Waals surface area contributed by atoms with Crippen molar-refractivity contribution in [2.75, 3.05) is 6.54 Å². The molecular weight excluding hydrogens is 341 g/mol. The molecule has 2 atom stereocenters. The van der Waals surface area contributed by atoms with Crippen LogP contribution in [0.15, 0.2) is 47.8 Å². The predicted molar refractivity (Wildman–Crippen MR) is 90.1 cm³/mol. The van der Waals surface area contributed by atoms with Crippen molar-refractivity contribution >= 4 is 11.8 Å². The van der Waals surface area contributed by atoms with Gasteiger partial charge in [0, 0.05) is 35.9 Å². The fraction of sp³-hybridized carbons (Fsp3) is 0.158. The van der Waals surface area contributed by atoms with Gasteiger partial charge in [0.1, 0.15) is 11.5 Å². The van der Waals surface area contributed by atoms with E-state index in [2.05, 4.69) is 20.8 Å². The van der Waals surface area contributed by atoms with Crippen molar-refractivity contribution in [3.8, 4) is 0 Å². The average Bonchev–Trinajstić information content (AvgIpc) is 2.99. The molecule has 0 saturated carbocycles. The van der Waals surface area contributed by atoms with Gasteiger partial charge in [0.25, 0.3) is 0 Å². The van der Waals surface area contributed by atoms with E-state index in [1.54, 1.807) is 6.20 Å². The normalized spacial score (nSPS) is 22.8. The second-order valence-corrected chi connectivity index (χ2v) is 6.48. The highest BCUT2D eigenvalue weighted by Crippen LogP contribution is 2.41. The molecule has 2 aromatic rings. The monoisotopic (exact) mass is 354 g/mol. The van der Waals surface area contributed by atoms with E-state index in [1.807, 2.05) is 24.4 Å². The molecule has 0 amide bonds. The van der Waals surface area contributed by atoms with Crippen LogP contribution >= 0.6 is 0 Å². The Morgan fingerprint density at radius 3 is 2.77 bits per heavy atom. The van der Waals surface area contributed by atoms with E-state index in [4.69, 9.17) is 0 Å². The van der Waals surface area contributed by atoms with E-state index in [1.165, 1.54) is 0 Å². The van der Waals surface area contributed by atoms with Crippen molar-refractivity contribution in [3.63, 3.8) is 0 Å². The zero-order valence-corrected chi connectivity index (χ0v) is 13.4. The van der Waals surface area contributed by atoms with Crippen molar-refractivity contribution in [2.24, 2.45) is 0 Å². The summed E-state index contributed by atoms with van der Waals surface area (Å²) >= 11 is 0. The zero-order chi connectivity index (χ0) is 17.8. The second-order valence-electron chi connectivity index (χ2n) is 6.48. The highest BCUT2D eigenvalue weighted by Gasteiger charge is 2.39. The molecule has 4 nitrogen and oxygen atoms in total. The van der Waals surface area contributed by atoms with Crippen LogP contribution in [-0.4, -0.2) is 22.8 Å². The first-order valence-electron chi connectivity index (χ1n) is 8.22. The molecule has 3 aliphatic rings. The van der Waals surface area contributed by atoms with Gasteiger partial charge in [0.15, 0.2) is 11.6 Å². The van der Waals surface area contributed by atoms with Crippen LogP contribution in [0.3, 0.4) is 0 Å². The SMILES string of the molecule is Fc1cc(F)c(C2CNC3=C4C(=CNC42)C=Cc2ccnnc23)cc1F. The molecule has 2 N–H and O–H groups in total. The highest BCUT2D eigenvalue weighted by atomic mass is 19.2. The van der Waals surface area contributed by atoms with Gasteiger partial charge in [0.2, 0.25) is 0 Å². The quantitative estimate of drug-likeness (QED) is 0.774. The lowest BCUT2D eigenvalue weighted by Gasteiger charge is -2.34. The smallest absolute Gasteiger partial charge is 0.161 e. The standard InChI is InChI=1S/C19H13F3N4/c20-13-6-15(22)14(21)5-11(13)12-8-24-19-16-10(7-23-18(12)16)2-1-9-3-4-25-26-17(9)19/h1-7,12,18,23-24H,8H2. The molecule has 26 heavy (non-hydrogen) atoms. The Morgan fingerprint density at radius 2 is 1.88 bits per heavy atom. The third-order valence-corrected chi connectivity index (χ3v) is 5.08. The Labute approximate surface area is 147 Å². The molecule has 2 aliphatic heterocycles. The lowest BCUT2D eigenvalue weighted by molar-refractivity contribution is 0.460. The van der Waals surface area contributed by atoms with Gasteiger partial charge in [-0.25, -0.2) is 13.2 Å². The average molecular weight is 354 g/mol. The number of halogens is 3. The fourth-order valence-electron chi connectivity index (χ4n) is 3.87. The minimum absolute atomic E-state index is 0.141.